The van der Waals surface area contributed by atoms with Crippen molar-refractivity contribution in [2.45, 2.75) is 38.3 Å². The molecule has 2 aliphatic rings. The Balaban J connectivity index is 1.86. The Morgan fingerprint density at radius 1 is 1.71 bits per heavy atom. The van der Waals surface area contributed by atoms with Crippen molar-refractivity contribution in [3.8, 4) is 0 Å². The smallest absolute Gasteiger partial charge is 0.156 e. The van der Waals surface area contributed by atoms with Crippen LogP contribution in [0.3, 0.4) is 0 Å². The summed E-state index contributed by atoms with van der Waals surface area (Å²) < 4.78 is 5.68. The monoisotopic (exact) mass is 214 g/mol. The molecule has 0 amide bonds. The van der Waals surface area contributed by atoms with Gasteiger partial charge in [0.25, 0.3) is 0 Å². The van der Waals surface area contributed by atoms with E-state index in [1.165, 1.54) is 6.42 Å². The molecular weight excluding hydrogens is 196 g/mol. The van der Waals surface area contributed by atoms with Gasteiger partial charge in [0.1, 0.15) is 0 Å². The lowest BCUT2D eigenvalue weighted by molar-refractivity contribution is 0.0285. The molecule has 2 rings (SSSR count). The molecule has 2 aliphatic heterocycles. The van der Waals surface area contributed by atoms with E-state index in [0.717, 1.165) is 30.5 Å². The van der Waals surface area contributed by atoms with E-state index in [1.54, 1.807) is 0 Å². The predicted molar refractivity (Wildman–Crippen MR) is 60.9 cm³/mol. The minimum Gasteiger partial charge on any atom is -0.373 e. The Hall–Kier alpha value is -0.220. The van der Waals surface area contributed by atoms with E-state index in [4.69, 9.17) is 4.74 Å². The van der Waals surface area contributed by atoms with Crippen molar-refractivity contribution >= 4 is 16.9 Å². The molecular formula is C10H18N2OS. The van der Waals surface area contributed by atoms with E-state index >= 15 is 0 Å². The van der Waals surface area contributed by atoms with Crippen molar-refractivity contribution in [3.63, 3.8) is 0 Å². The van der Waals surface area contributed by atoms with Crippen LogP contribution in [0.1, 0.15) is 26.7 Å². The van der Waals surface area contributed by atoms with Gasteiger partial charge in [-0.15, -0.1) is 0 Å². The van der Waals surface area contributed by atoms with E-state index in [-0.39, 0.29) is 5.60 Å². The van der Waals surface area contributed by atoms with Crippen LogP contribution < -0.4 is 5.32 Å². The van der Waals surface area contributed by atoms with Crippen LogP contribution in [-0.4, -0.2) is 35.7 Å². The highest BCUT2D eigenvalue weighted by Crippen LogP contribution is 2.25. The van der Waals surface area contributed by atoms with E-state index in [1.807, 2.05) is 11.8 Å². The van der Waals surface area contributed by atoms with Crippen molar-refractivity contribution < 1.29 is 4.74 Å². The first kappa shape index (κ1) is 10.3. The molecule has 0 spiro atoms. The Kier molecular flexibility index (Phi) is 3.02. The second-order valence-corrected chi connectivity index (χ2v) is 5.39. The van der Waals surface area contributed by atoms with Gasteiger partial charge in [-0.2, -0.15) is 0 Å². The summed E-state index contributed by atoms with van der Waals surface area (Å²) in [7, 11) is 0. The normalized spacial score (nSPS) is 40.4. The van der Waals surface area contributed by atoms with Crippen molar-refractivity contribution in [1.82, 2.24) is 5.32 Å². The molecule has 0 aromatic heterocycles. The molecule has 80 valence electrons. The zero-order valence-electron chi connectivity index (χ0n) is 8.88. The lowest BCUT2D eigenvalue weighted by atomic mass is 10.0. The van der Waals surface area contributed by atoms with Crippen molar-refractivity contribution in [2.24, 2.45) is 4.99 Å². The molecule has 3 nitrogen and oxygen atoms in total. The molecule has 2 saturated heterocycles. The first-order valence-electron chi connectivity index (χ1n) is 5.26. The average molecular weight is 214 g/mol. The molecule has 0 radical (unpaired) electrons. The number of hydrogen-bond donors (Lipinski definition) is 1. The van der Waals surface area contributed by atoms with Crippen LogP contribution in [0, 0.1) is 0 Å². The Morgan fingerprint density at radius 2 is 2.57 bits per heavy atom. The van der Waals surface area contributed by atoms with Crippen LogP contribution in [0.2, 0.25) is 0 Å². The summed E-state index contributed by atoms with van der Waals surface area (Å²) in [5, 5.41) is 4.44. The van der Waals surface area contributed by atoms with Crippen molar-refractivity contribution in [1.29, 1.82) is 0 Å². The maximum Gasteiger partial charge on any atom is 0.156 e. The van der Waals surface area contributed by atoms with Gasteiger partial charge in [-0.1, -0.05) is 11.8 Å². The molecule has 0 bridgehead atoms. The third-order valence-corrected chi connectivity index (χ3v) is 3.88. The summed E-state index contributed by atoms with van der Waals surface area (Å²) in [6.45, 7) is 6.05. The molecule has 2 fully saturated rings. The van der Waals surface area contributed by atoms with Gasteiger partial charge in [0.05, 0.1) is 12.1 Å². The molecule has 0 aromatic carbocycles. The van der Waals surface area contributed by atoms with Crippen LogP contribution in [0.4, 0.5) is 0 Å². The lowest BCUT2D eigenvalue weighted by Gasteiger charge is -2.20. The second-order valence-electron chi connectivity index (χ2n) is 4.38. The SMILES string of the molecule is CC1CSC(=NCC2(C)CCCO2)N1. The third kappa shape index (κ3) is 2.42. The molecule has 1 N–H and O–H groups in total. The molecule has 14 heavy (non-hydrogen) atoms. The van der Waals surface area contributed by atoms with Crippen LogP contribution in [0.25, 0.3) is 0 Å². The Bertz CT molecular complexity index is 236. The minimum atomic E-state index is 0.00106. The second kappa shape index (κ2) is 4.11. The van der Waals surface area contributed by atoms with Crippen LogP contribution in [0.15, 0.2) is 4.99 Å². The topological polar surface area (TPSA) is 33.6 Å². The fourth-order valence-corrected chi connectivity index (χ4v) is 2.72. The highest BCUT2D eigenvalue weighted by Gasteiger charge is 2.29. The average Bonchev–Trinajstić information content (AvgIpc) is 2.73. The predicted octanol–water partition coefficient (Wildman–Crippen LogP) is 1.64. The standard InChI is InChI=1S/C10H18N2OS/c1-8-6-14-9(12-8)11-7-10(2)4-3-5-13-10/h8H,3-7H2,1-2H3,(H,11,12). The summed E-state index contributed by atoms with van der Waals surface area (Å²) in [6, 6.07) is 0.566. The highest BCUT2D eigenvalue weighted by atomic mass is 32.2. The number of nitrogens with one attached hydrogen (secondary N) is 1. The number of ether oxygens (including phenoxy) is 1. The fraction of sp³-hybridized carbons (Fsp3) is 0.900. The molecule has 0 aliphatic carbocycles. The maximum atomic E-state index is 5.68. The fourth-order valence-electron chi connectivity index (χ4n) is 1.79. The molecule has 0 aromatic rings. The summed E-state index contributed by atoms with van der Waals surface area (Å²) in [5.74, 6) is 1.14. The third-order valence-electron chi connectivity index (χ3n) is 2.70. The molecule has 4 heteroatoms. The van der Waals surface area contributed by atoms with Crippen molar-refractivity contribution in [2.75, 3.05) is 18.9 Å². The number of rotatable bonds is 2. The number of hydrogen-bond acceptors (Lipinski definition) is 3. The zero-order chi connectivity index (χ0) is 10.0. The maximum absolute atomic E-state index is 5.68. The van der Waals surface area contributed by atoms with Gasteiger partial charge in [-0.05, 0) is 26.7 Å². The van der Waals surface area contributed by atoms with Gasteiger partial charge < -0.3 is 10.1 Å². The summed E-state index contributed by atoms with van der Waals surface area (Å²) in [5.41, 5.74) is 0.00106. The van der Waals surface area contributed by atoms with E-state index < -0.39 is 0 Å². The van der Waals surface area contributed by atoms with Gasteiger partial charge >= 0.3 is 0 Å². The first-order valence-corrected chi connectivity index (χ1v) is 6.24. The number of aliphatic imine (C=N–C) groups is 1. The largest absolute Gasteiger partial charge is 0.373 e. The summed E-state index contributed by atoms with van der Waals surface area (Å²) in [4.78, 5) is 4.57. The lowest BCUT2D eigenvalue weighted by Crippen LogP contribution is -2.29. The molecule has 2 heterocycles. The number of thioether (sulfide) groups is 1. The highest BCUT2D eigenvalue weighted by molar-refractivity contribution is 8.14. The summed E-state index contributed by atoms with van der Waals surface area (Å²) >= 11 is 1.82. The zero-order valence-corrected chi connectivity index (χ0v) is 9.69. The van der Waals surface area contributed by atoms with Gasteiger partial charge in [-0.3, -0.25) is 4.99 Å². The molecule has 2 unspecified atom stereocenters. The van der Waals surface area contributed by atoms with E-state index in [2.05, 4.69) is 24.2 Å². The van der Waals surface area contributed by atoms with Crippen LogP contribution >= 0.6 is 11.8 Å². The summed E-state index contributed by atoms with van der Waals surface area (Å²) in [6.07, 6.45) is 2.32. The molecule has 2 atom stereocenters. The van der Waals surface area contributed by atoms with Gasteiger partial charge in [0, 0.05) is 18.4 Å². The van der Waals surface area contributed by atoms with Gasteiger partial charge in [-0.25, -0.2) is 0 Å². The number of amidine groups is 1. The van der Waals surface area contributed by atoms with E-state index in [0.29, 0.717) is 6.04 Å². The minimum absolute atomic E-state index is 0.00106. The number of nitrogens with zero attached hydrogens (tertiary/aromatic N) is 1. The van der Waals surface area contributed by atoms with Gasteiger partial charge in [0.2, 0.25) is 0 Å². The van der Waals surface area contributed by atoms with E-state index in [9.17, 15) is 0 Å². The molecule has 0 saturated carbocycles. The van der Waals surface area contributed by atoms with Crippen molar-refractivity contribution in [3.05, 3.63) is 0 Å². The van der Waals surface area contributed by atoms with Gasteiger partial charge in [0.15, 0.2) is 5.17 Å². The van der Waals surface area contributed by atoms with Crippen LogP contribution in [0.5, 0.6) is 0 Å². The Morgan fingerprint density at radius 3 is 3.14 bits per heavy atom. The quantitative estimate of drug-likeness (QED) is 0.758. The van der Waals surface area contributed by atoms with Crippen LogP contribution in [-0.2, 0) is 4.74 Å². The Labute approximate surface area is 89.7 Å². The first-order chi connectivity index (χ1) is 6.68.